The van der Waals surface area contributed by atoms with E-state index >= 15 is 0 Å². The molecule has 0 fully saturated rings. The van der Waals surface area contributed by atoms with E-state index in [2.05, 4.69) is 51.2 Å². The molecule has 3 aromatic carbocycles. The van der Waals surface area contributed by atoms with E-state index < -0.39 is 0 Å². The Kier molecular flexibility index (Phi) is 7.91. The van der Waals surface area contributed by atoms with Gasteiger partial charge in [-0.1, -0.05) is 30.3 Å². The van der Waals surface area contributed by atoms with Gasteiger partial charge in [-0.25, -0.2) is 0 Å². The van der Waals surface area contributed by atoms with Crippen LogP contribution in [-0.4, -0.2) is 33.5 Å². The molecule has 0 radical (unpaired) electrons. The van der Waals surface area contributed by atoms with Crippen molar-refractivity contribution >= 4 is 33.0 Å². The normalized spacial score (nSPS) is 10.6. The molecule has 0 aromatic heterocycles. The lowest BCUT2D eigenvalue weighted by Gasteiger charge is -2.26. The van der Waals surface area contributed by atoms with E-state index in [1.54, 1.807) is 7.11 Å². The van der Waals surface area contributed by atoms with Gasteiger partial charge in [0.15, 0.2) is 0 Å². The second-order valence-corrected chi connectivity index (χ2v) is 6.92. The standard InChI is InChI=1S/C23H24BrNO3/c1-26-15-16-27-17-18-28-21-13-11-20(12-14-21)25(19-7-3-2-4-8-19)23-10-6-5-9-22(23)24/h2-14H,15-18H2,1H3. The minimum atomic E-state index is 0.510. The molecule has 0 aliphatic rings. The summed E-state index contributed by atoms with van der Waals surface area (Å²) in [6.45, 7) is 2.23. The van der Waals surface area contributed by atoms with Crippen LogP contribution in [0.3, 0.4) is 0 Å². The molecule has 0 saturated heterocycles. The fourth-order valence-electron chi connectivity index (χ4n) is 2.79. The second kappa shape index (κ2) is 10.9. The Labute approximate surface area is 174 Å². The lowest BCUT2D eigenvalue weighted by molar-refractivity contribution is 0.0544. The zero-order valence-electron chi connectivity index (χ0n) is 15.9. The number of hydrogen-bond acceptors (Lipinski definition) is 4. The molecule has 3 rings (SSSR count). The van der Waals surface area contributed by atoms with Crippen molar-refractivity contribution in [3.05, 3.63) is 83.3 Å². The van der Waals surface area contributed by atoms with Gasteiger partial charge in [0.05, 0.1) is 25.5 Å². The zero-order valence-corrected chi connectivity index (χ0v) is 17.5. The Balaban J connectivity index is 1.74. The molecule has 0 spiro atoms. The number of nitrogens with zero attached hydrogens (tertiary/aromatic N) is 1. The van der Waals surface area contributed by atoms with Gasteiger partial charge in [-0.05, 0) is 64.5 Å². The average molecular weight is 442 g/mol. The van der Waals surface area contributed by atoms with Gasteiger partial charge in [0.2, 0.25) is 0 Å². The summed E-state index contributed by atoms with van der Waals surface area (Å²) in [7, 11) is 1.66. The Morgan fingerprint density at radius 1 is 0.714 bits per heavy atom. The predicted molar refractivity (Wildman–Crippen MR) is 117 cm³/mol. The van der Waals surface area contributed by atoms with Crippen LogP contribution in [0.1, 0.15) is 0 Å². The van der Waals surface area contributed by atoms with Crippen LogP contribution < -0.4 is 9.64 Å². The number of methoxy groups -OCH3 is 1. The largest absolute Gasteiger partial charge is 0.491 e. The van der Waals surface area contributed by atoms with Crippen molar-refractivity contribution in [2.45, 2.75) is 0 Å². The number of anilines is 3. The molecule has 0 saturated carbocycles. The molecule has 0 heterocycles. The van der Waals surface area contributed by atoms with Crippen LogP contribution >= 0.6 is 15.9 Å². The fraction of sp³-hybridized carbons (Fsp3) is 0.217. The number of benzene rings is 3. The van der Waals surface area contributed by atoms with Crippen LogP contribution in [0.5, 0.6) is 5.75 Å². The van der Waals surface area contributed by atoms with Crippen LogP contribution in [0.2, 0.25) is 0 Å². The van der Waals surface area contributed by atoms with Crippen molar-refractivity contribution in [2.75, 3.05) is 38.4 Å². The van der Waals surface area contributed by atoms with Gasteiger partial charge in [0.25, 0.3) is 0 Å². The lowest BCUT2D eigenvalue weighted by Crippen LogP contribution is -2.11. The molecule has 146 valence electrons. The molecule has 0 aliphatic carbocycles. The molecule has 0 unspecified atom stereocenters. The number of halogens is 1. The summed E-state index contributed by atoms with van der Waals surface area (Å²) in [4.78, 5) is 2.21. The molecule has 0 amide bonds. The van der Waals surface area contributed by atoms with E-state index in [0.29, 0.717) is 26.4 Å². The van der Waals surface area contributed by atoms with E-state index in [-0.39, 0.29) is 0 Å². The molecule has 0 bridgehead atoms. The van der Waals surface area contributed by atoms with Gasteiger partial charge >= 0.3 is 0 Å². The molecule has 0 aliphatic heterocycles. The molecular weight excluding hydrogens is 418 g/mol. The summed E-state index contributed by atoms with van der Waals surface area (Å²) >= 11 is 3.68. The quantitative estimate of drug-likeness (QED) is 0.363. The summed E-state index contributed by atoms with van der Waals surface area (Å²) in [5.74, 6) is 0.819. The second-order valence-electron chi connectivity index (χ2n) is 6.07. The number of rotatable bonds is 10. The van der Waals surface area contributed by atoms with Crippen molar-refractivity contribution < 1.29 is 14.2 Å². The van der Waals surface area contributed by atoms with E-state index in [1.165, 1.54) is 0 Å². The third-order valence-electron chi connectivity index (χ3n) is 4.13. The van der Waals surface area contributed by atoms with Gasteiger partial charge < -0.3 is 19.1 Å². The topological polar surface area (TPSA) is 30.9 Å². The van der Waals surface area contributed by atoms with E-state index in [9.17, 15) is 0 Å². The Morgan fingerprint density at radius 2 is 1.36 bits per heavy atom. The van der Waals surface area contributed by atoms with Crippen molar-refractivity contribution in [3.63, 3.8) is 0 Å². The van der Waals surface area contributed by atoms with E-state index in [1.807, 2.05) is 48.5 Å². The first-order chi connectivity index (χ1) is 13.8. The highest BCUT2D eigenvalue weighted by Gasteiger charge is 2.14. The van der Waals surface area contributed by atoms with Crippen LogP contribution in [0, 0.1) is 0 Å². The minimum absolute atomic E-state index is 0.510. The maximum Gasteiger partial charge on any atom is 0.119 e. The van der Waals surface area contributed by atoms with Crippen molar-refractivity contribution in [3.8, 4) is 5.75 Å². The molecule has 4 nitrogen and oxygen atoms in total. The molecular formula is C23H24BrNO3. The minimum Gasteiger partial charge on any atom is -0.491 e. The summed E-state index contributed by atoms with van der Waals surface area (Å²) in [5.41, 5.74) is 3.23. The number of ether oxygens (including phenoxy) is 3. The Hall–Kier alpha value is -2.34. The smallest absolute Gasteiger partial charge is 0.119 e. The van der Waals surface area contributed by atoms with Crippen LogP contribution in [-0.2, 0) is 9.47 Å². The Morgan fingerprint density at radius 3 is 2.07 bits per heavy atom. The predicted octanol–water partition coefficient (Wildman–Crippen LogP) is 5.96. The number of para-hydroxylation sites is 2. The average Bonchev–Trinajstić information content (AvgIpc) is 2.74. The summed E-state index contributed by atoms with van der Waals surface area (Å²) in [6, 6.07) is 26.6. The van der Waals surface area contributed by atoms with Crippen molar-refractivity contribution in [2.24, 2.45) is 0 Å². The van der Waals surface area contributed by atoms with Gasteiger partial charge in [-0.15, -0.1) is 0 Å². The maximum absolute atomic E-state index is 5.76. The highest BCUT2D eigenvalue weighted by Crippen LogP contribution is 2.38. The monoisotopic (exact) mass is 441 g/mol. The SMILES string of the molecule is COCCOCCOc1ccc(N(c2ccccc2)c2ccccc2Br)cc1. The molecule has 28 heavy (non-hydrogen) atoms. The maximum atomic E-state index is 5.76. The summed E-state index contributed by atoms with van der Waals surface area (Å²) < 4.78 is 17.2. The van der Waals surface area contributed by atoms with Crippen molar-refractivity contribution in [1.82, 2.24) is 0 Å². The first-order valence-electron chi connectivity index (χ1n) is 9.19. The molecule has 3 aromatic rings. The highest BCUT2D eigenvalue weighted by atomic mass is 79.9. The zero-order chi connectivity index (χ0) is 19.6. The van der Waals surface area contributed by atoms with Crippen molar-refractivity contribution in [1.29, 1.82) is 0 Å². The summed E-state index contributed by atoms with van der Waals surface area (Å²) in [5, 5.41) is 0. The first-order valence-corrected chi connectivity index (χ1v) is 9.98. The molecule has 0 atom stereocenters. The highest BCUT2D eigenvalue weighted by molar-refractivity contribution is 9.10. The van der Waals surface area contributed by atoms with Gasteiger partial charge in [-0.3, -0.25) is 0 Å². The third kappa shape index (κ3) is 5.58. The van der Waals surface area contributed by atoms with Crippen LogP contribution in [0.15, 0.2) is 83.3 Å². The Bertz CT molecular complexity index is 840. The van der Waals surface area contributed by atoms with Gasteiger partial charge in [0.1, 0.15) is 12.4 Å². The van der Waals surface area contributed by atoms with Crippen LogP contribution in [0.4, 0.5) is 17.1 Å². The number of hydrogen-bond donors (Lipinski definition) is 0. The fourth-order valence-corrected chi connectivity index (χ4v) is 3.25. The van der Waals surface area contributed by atoms with E-state index in [4.69, 9.17) is 14.2 Å². The molecule has 5 heteroatoms. The lowest BCUT2D eigenvalue weighted by atomic mass is 10.2. The summed E-state index contributed by atoms with van der Waals surface area (Å²) in [6.07, 6.45) is 0. The first kappa shape index (κ1) is 20.4. The van der Waals surface area contributed by atoms with Crippen LogP contribution in [0.25, 0.3) is 0 Å². The van der Waals surface area contributed by atoms with E-state index in [0.717, 1.165) is 27.3 Å². The molecule has 0 N–H and O–H groups in total. The van der Waals surface area contributed by atoms with Gasteiger partial charge in [-0.2, -0.15) is 0 Å². The van der Waals surface area contributed by atoms with Gasteiger partial charge in [0, 0.05) is 23.0 Å². The third-order valence-corrected chi connectivity index (χ3v) is 4.80.